The number of amides is 1. The van der Waals surface area contributed by atoms with Gasteiger partial charge in [-0.05, 0) is 55.5 Å². The molecule has 4 nitrogen and oxygen atoms in total. The summed E-state index contributed by atoms with van der Waals surface area (Å²) in [6, 6.07) is 12.0. The number of carbonyl (C=O) groups excluding carboxylic acids is 1. The van der Waals surface area contributed by atoms with Gasteiger partial charge in [-0.2, -0.15) is 0 Å². The van der Waals surface area contributed by atoms with E-state index < -0.39 is 0 Å². The van der Waals surface area contributed by atoms with Crippen molar-refractivity contribution in [3.8, 4) is 0 Å². The van der Waals surface area contributed by atoms with Crippen LogP contribution in [0.3, 0.4) is 0 Å². The van der Waals surface area contributed by atoms with Crippen LogP contribution in [0.25, 0.3) is 5.52 Å². The molecule has 0 atom stereocenters. The van der Waals surface area contributed by atoms with Crippen LogP contribution in [0.5, 0.6) is 0 Å². The minimum atomic E-state index is -0.0114. The molecule has 0 saturated heterocycles. The van der Waals surface area contributed by atoms with Crippen molar-refractivity contribution in [1.29, 1.82) is 0 Å². The number of halogens is 1. The van der Waals surface area contributed by atoms with Gasteiger partial charge < -0.3 is 9.72 Å². The van der Waals surface area contributed by atoms with Gasteiger partial charge in [-0.1, -0.05) is 23.7 Å². The Morgan fingerprint density at radius 2 is 1.96 bits per heavy atom. The molecule has 0 unspecified atom stereocenters. The average molecular weight is 340 g/mol. The van der Waals surface area contributed by atoms with E-state index in [-0.39, 0.29) is 11.9 Å². The van der Waals surface area contributed by atoms with E-state index in [1.165, 1.54) is 5.56 Å². The molecule has 1 aliphatic carbocycles. The summed E-state index contributed by atoms with van der Waals surface area (Å²) in [5, 5.41) is 3.90. The highest BCUT2D eigenvalue weighted by Gasteiger charge is 2.31. The standard InChI is InChI=1S/C19H18ClN3O/c1-12-18(7-6-17-10-21-11-23(12)17)19(24)22-16-8-14(9-16)13-2-4-15(20)5-3-13/h2-7,10-11,14,16H,8-9H2,1H3,(H,22,24). The number of fused-ring (bicyclic) bond motifs is 1. The number of rotatable bonds is 3. The van der Waals surface area contributed by atoms with E-state index in [4.69, 9.17) is 11.6 Å². The summed E-state index contributed by atoms with van der Waals surface area (Å²) >= 11 is 5.93. The van der Waals surface area contributed by atoms with Gasteiger partial charge in [0.1, 0.15) is 0 Å². The van der Waals surface area contributed by atoms with Gasteiger partial charge >= 0.3 is 0 Å². The summed E-state index contributed by atoms with van der Waals surface area (Å²) in [5.74, 6) is 0.493. The van der Waals surface area contributed by atoms with Crippen molar-refractivity contribution in [3.63, 3.8) is 0 Å². The Kier molecular flexibility index (Phi) is 3.77. The maximum atomic E-state index is 12.6. The summed E-state index contributed by atoms with van der Waals surface area (Å²) in [6.45, 7) is 1.95. The molecule has 1 aliphatic rings. The average Bonchev–Trinajstić information content (AvgIpc) is 3.01. The van der Waals surface area contributed by atoms with Crippen LogP contribution in [0.15, 0.2) is 48.9 Å². The van der Waals surface area contributed by atoms with E-state index in [1.807, 2.05) is 35.6 Å². The number of benzene rings is 1. The fourth-order valence-corrected chi connectivity index (χ4v) is 3.50. The number of imidazole rings is 1. The molecule has 0 radical (unpaired) electrons. The van der Waals surface area contributed by atoms with Crippen molar-refractivity contribution < 1.29 is 4.79 Å². The van der Waals surface area contributed by atoms with E-state index in [9.17, 15) is 4.79 Å². The third-order valence-electron chi connectivity index (χ3n) is 4.90. The lowest BCUT2D eigenvalue weighted by atomic mass is 9.76. The first-order valence-electron chi connectivity index (χ1n) is 8.10. The lowest BCUT2D eigenvalue weighted by Gasteiger charge is -2.36. The lowest BCUT2D eigenvalue weighted by Crippen LogP contribution is -2.43. The molecular formula is C19H18ClN3O. The topological polar surface area (TPSA) is 46.4 Å². The summed E-state index contributed by atoms with van der Waals surface area (Å²) in [7, 11) is 0. The molecule has 5 heteroatoms. The van der Waals surface area contributed by atoms with Crippen molar-refractivity contribution in [2.24, 2.45) is 0 Å². The first kappa shape index (κ1) is 15.2. The molecule has 0 spiro atoms. The Morgan fingerprint density at radius 3 is 2.71 bits per heavy atom. The Morgan fingerprint density at radius 1 is 1.21 bits per heavy atom. The first-order valence-corrected chi connectivity index (χ1v) is 8.47. The molecule has 1 N–H and O–H groups in total. The lowest BCUT2D eigenvalue weighted by molar-refractivity contribution is 0.0908. The smallest absolute Gasteiger partial charge is 0.253 e. The van der Waals surface area contributed by atoms with Gasteiger partial charge in [-0.15, -0.1) is 0 Å². The van der Waals surface area contributed by atoms with Gasteiger partial charge in [-0.25, -0.2) is 4.98 Å². The molecule has 0 aliphatic heterocycles. The Labute approximate surface area is 145 Å². The number of aryl methyl sites for hydroxylation is 1. The molecule has 1 fully saturated rings. The molecule has 1 saturated carbocycles. The molecule has 2 heterocycles. The summed E-state index contributed by atoms with van der Waals surface area (Å²) < 4.78 is 1.94. The molecular weight excluding hydrogens is 322 g/mol. The van der Waals surface area contributed by atoms with Gasteiger partial charge in [0.05, 0.1) is 23.6 Å². The van der Waals surface area contributed by atoms with Crippen molar-refractivity contribution in [3.05, 3.63) is 70.8 Å². The molecule has 2 aromatic heterocycles. The molecule has 1 aromatic carbocycles. The van der Waals surface area contributed by atoms with Crippen LogP contribution < -0.4 is 5.32 Å². The zero-order valence-corrected chi connectivity index (χ0v) is 14.1. The fraction of sp³-hybridized carbons (Fsp3) is 0.263. The van der Waals surface area contributed by atoms with E-state index in [0.717, 1.165) is 29.1 Å². The van der Waals surface area contributed by atoms with Gasteiger partial charge in [0.25, 0.3) is 5.91 Å². The highest BCUT2D eigenvalue weighted by Crippen LogP contribution is 2.37. The number of hydrogen-bond donors (Lipinski definition) is 1. The largest absolute Gasteiger partial charge is 0.349 e. The Hall–Kier alpha value is -2.33. The van der Waals surface area contributed by atoms with Crippen LogP contribution >= 0.6 is 11.6 Å². The second-order valence-corrected chi connectivity index (χ2v) is 6.85. The van der Waals surface area contributed by atoms with E-state index in [2.05, 4.69) is 22.4 Å². The summed E-state index contributed by atoms with van der Waals surface area (Å²) in [6.07, 6.45) is 5.47. The van der Waals surface area contributed by atoms with Crippen molar-refractivity contribution in [2.45, 2.75) is 31.7 Å². The normalized spacial score (nSPS) is 19.9. The fourth-order valence-electron chi connectivity index (χ4n) is 3.37. The SMILES string of the molecule is Cc1c(C(=O)NC2CC(c3ccc(Cl)cc3)C2)ccc2cncn12. The predicted octanol–water partition coefficient (Wildman–Crippen LogP) is 3.97. The molecule has 4 rings (SSSR count). The third kappa shape index (κ3) is 2.67. The maximum absolute atomic E-state index is 12.6. The number of hydrogen-bond acceptors (Lipinski definition) is 2. The van der Waals surface area contributed by atoms with E-state index in [0.29, 0.717) is 11.5 Å². The molecule has 24 heavy (non-hydrogen) atoms. The predicted molar refractivity (Wildman–Crippen MR) is 94.6 cm³/mol. The minimum Gasteiger partial charge on any atom is -0.349 e. The molecule has 0 bridgehead atoms. The van der Waals surface area contributed by atoms with E-state index >= 15 is 0 Å². The van der Waals surface area contributed by atoms with Crippen LogP contribution in [-0.2, 0) is 0 Å². The number of carbonyl (C=O) groups is 1. The Balaban J connectivity index is 1.42. The number of pyridine rings is 1. The minimum absolute atomic E-state index is 0.0114. The number of nitrogens with zero attached hydrogens (tertiary/aromatic N) is 2. The van der Waals surface area contributed by atoms with Crippen molar-refractivity contribution in [2.75, 3.05) is 0 Å². The van der Waals surface area contributed by atoms with Gasteiger partial charge in [0.2, 0.25) is 0 Å². The third-order valence-corrected chi connectivity index (χ3v) is 5.15. The van der Waals surface area contributed by atoms with Gasteiger partial charge in [-0.3, -0.25) is 4.79 Å². The molecule has 1 amide bonds. The Bertz CT molecular complexity index is 895. The molecule has 3 aromatic rings. The highest BCUT2D eigenvalue weighted by atomic mass is 35.5. The van der Waals surface area contributed by atoms with Gasteiger partial charge in [0, 0.05) is 16.8 Å². The summed E-state index contributed by atoms with van der Waals surface area (Å²) in [4.78, 5) is 16.7. The second-order valence-electron chi connectivity index (χ2n) is 6.41. The van der Waals surface area contributed by atoms with Crippen LogP contribution in [0.2, 0.25) is 5.02 Å². The maximum Gasteiger partial charge on any atom is 0.253 e. The quantitative estimate of drug-likeness (QED) is 0.784. The van der Waals surface area contributed by atoms with Gasteiger partial charge in [0.15, 0.2) is 0 Å². The van der Waals surface area contributed by atoms with Crippen LogP contribution in [0, 0.1) is 6.92 Å². The van der Waals surface area contributed by atoms with Crippen molar-refractivity contribution >= 4 is 23.0 Å². The second kappa shape index (κ2) is 5.95. The number of nitrogens with one attached hydrogen (secondary N) is 1. The number of aromatic nitrogens is 2. The monoisotopic (exact) mass is 339 g/mol. The van der Waals surface area contributed by atoms with E-state index in [1.54, 1.807) is 12.5 Å². The van der Waals surface area contributed by atoms with Crippen LogP contribution in [-0.4, -0.2) is 21.3 Å². The summed E-state index contributed by atoms with van der Waals surface area (Å²) in [5.41, 5.74) is 3.91. The van der Waals surface area contributed by atoms with Crippen LogP contribution in [0.4, 0.5) is 0 Å². The van der Waals surface area contributed by atoms with Crippen LogP contribution in [0.1, 0.15) is 40.4 Å². The highest BCUT2D eigenvalue weighted by molar-refractivity contribution is 6.30. The zero-order chi connectivity index (χ0) is 16.7. The van der Waals surface area contributed by atoms with Crippen molar-refractivity contribution in [1.82, 2.24) is 14.7 Å². The first-order chi connectivity index (χ1) is 11.6. The molecule has 122 valence electrons. The zero-order valence-electron chi connectivity index (χ0n) is 13.4.